The molecular formula is C11H14N4OS2. The highest BCUT2D eigenvalue weighted by Gasteiger charge is 2.16. The van der Waals surface area contributed by atoms with Crippen LogP contribution in [0.4, 0.5) is 0 Å². The highest BCUT2D eigenvalue weighted by molar-refractivity contribution is 8.00. The Kier molecular flexibility index (Phi) is 4.03. The van der Waals surface area contributed by atoms with Crippen LogP contribution in [0.15, 0.2) is 22.7 Å². The molecule has 0 fully saturated rings. The van der Waals surface area contributed by atoms with Gasteiger partial charge < -0.3 is 10.3 Å². The molecule has 2 rings (SSSR count). The van der Waals surface area contributed by atoms with Crippen molar-refractivity contribution in [1.82, 2.24) is 14.8 Å². The van der Waals surface area contributed by atoms with Gasteiger partial charge in [-0.05, 0) is 18.4 Å². The number of nitrogens with zero attached hydrogens (tertiary/aromatic N) is 3. The molecule has 0 spiro atoms. The molecule has 0 aliphatic carbocycles. The van der Waals surface area contributed by atoms with Crippen LogP contribution >= 0.6 is 23.1 Å². The van der Waals surface area contributed by atoms with Gasteiger partial charge in [-0.3, -0.25) is 4.79 Å². The zero-order valence-electron chi connectivity index (χ0n) is 10.2. The van der Waals surface area contributed by atoms with Gasteiger partial charge in [-0.25, -0.2) is 0 Å². The quantitative estimate of drug-likeness (QED) is 0.842. The summed E-state index contributed by atoms with van der Waals surface area (Å²) < 4.78 is 1.91. The summed E-state index contributed by atoms with van der Waals surface area (Å²) in [6.45, 7) is 1.76. The molecule has 7 heteroatoms. The van der Waals surface area contributed by atoms with E-state index < -0.39 is 0 Å². The lowest BCUT2D eigenvalue weighted by atomic mass is 10.3. The Bertz CT molecular complexity index is 535. The topological polar surface area (TPSA) is 73.8 Å². The molecule has 2 heterocycles. The molecule has 0 saturated heterocycles. The van der Waals surface area contributed by atoms with E-state index >= 15 is 0 Å². The molecule has 0 aliphatic rings. The van der Waals surface area contributed by atoms with Crippen LogP contribution in [0.3, 0.4) is 0 Å². The maximum absolute atomic E-state index is 11.0. The van der Waals surface area contributed by atoms with Crippen LogP contribution in [0.2, 0.25) is 0 Å². The van der Waals surface area contributed by atoms with Gasteiger partial charge in [0.05, 0.1) is 5.25 Å². The smallest absolute Gasteiger partial charge is 0.230 e. The third-order valence-electron chi connectivity index (χ3n) is 2.52. The number of aromatic nitrogens is 3. The summed E-state index contributed by atoms with van der Waals surface area (Å²) in [4.78, 5) is 12.3. The Morgan fingerprint density at radius 2 is 2.39 bits per heavy atom. The summed E-state index contributed by atoms with van der Waals surface area (Å²) in [5.41, 5.74) is 5.23. The Hall–Kier alpha value is -1.34. The maximum Gasteiger partial charge on any atom is 0.230 e. The number of hydrogen-bond acceptors (Lipinski definition) is 5. The van der Waals surface area contributed by atoms with Gasteiger partial charge in [0, 0.05) is 18.3 Å². The Morgan fingerprint density at radius 1 is 1.61 bits per heavy atom. The SMILES string of the molecule is CC(Sc1nnc(Cc2cccs2)n1C)C(N)=O. The van der Waals surface area contributed by atoms with Crippen molar-refractivity contribution >= 4 is 29.0 Å². The van der Waals surface area contributed by atoms with Gasteiger partial charge >= 0.3 is 0 Å². The molecule has 96 valence electrons. The number of rotatable bonds is 5. The fourth-order valence-corrected chi connectivity index (χ4v) is 2.87. The van der Waals surface area contributed by atoms with Crippen molar-refractivity contribution in [3.8, 4) is 0 Å². The first-order valence-corrected chi connectivity index (χ1v) is 7.20. The molecule has 1 unspecified atom stereocenters. The van der Waals surface area contributed by atoms with E-state index in [1.165, 1.54) is 16.6 Å². The van der Waals surface area contributed by atoms with Gasteiger partial charge in [0.25, 0.3) is 0 Å². The molecule has 0 aromatic carbocycles. The summed E-state index contributed by atoms with van der Waals surface area (Å²) in [6, 6.07) is 4.08. The Morgan fingerprint density at radius 3 is 3.00 bits per heavy atom. The summed E-state index contributed by atoms with van der Waals surface area (Å²) in [6.07, 6.45) is 0.757. The summed E-state index contributed by atoms with van der Waals surface area (Å²) >= 11 is 3.02. The van der Waals surface area contributed by atoms with Gasteiger partial charge in [0.2, 0.25) is 5.91 Å². The van der Waals surface area contributed by atoms with E-state index in [2.05, 4.69) is 16.3 Å². The normalized spacial score (nSPS) is 12.6. The van der Waals surface area contributed by atoms with E-state index in [0.29, 0.717) is 5.16 Å². The molecule has 1 atom stereocenters. The highest BCUT2D eigenvalue weighted by atomic mass is 32.2. The monoisotopic (exact) mass is 282 g/mol. The zero-order chi connectivity index (χ0) is 13.1. The van der Waals surface area contributed by atoms with Crippen LogP contribution in [0.5, 0.6) is 0 Å². The highest BCUT2D eigenvalue weighted by Crippen LogP contribution is 2.22. The average molecular weight is 282 g/mol. The third-order valence-corrected chi connectivity index (χ3v) is 4.55. The molecule has 2 aromatic heterocycles. The largest absolute Gasteiger partial charge is 0.369 e. The molecule has 0 saturated carbocycles. The Balaban J connectivity index is 2.11. The van der Waals surface area contributed by atoms with Crippen molar-refractivity contribution in [2.45, 2.75) is 23.8 Å². The second-order valence-electron chi connectivity index (χ2n) is 3.88. The van der Waals surface area contributed by atoms with Crippen LogP contribution in [0.1, 0.15) is 17.6 Å². The number of thiophene rings is 1. The maximum atomic E-state index is 11.0. The number of nitrogens with two attached hydrogens (primary N) is 1. The average Bonchev–Trinajstić information content (AvgIpc) is 2.94. The minimum Gasteiger partial charge on any atom is -0.369 e. The number of primary amides is 1. The van der Waals surface area contributed by atoms with Crippen molar-refractivity contribution in [1.29, 1.82) is 0 Å². The van der Waals surface area contributed by atoms with Crippen LogP contribution < -0.4 is 5.73 Å². The van der Waals surface area contributed by atoms with Gasteiger partial charge in [-0.1, -0.05) is 17.8 Å². The zero-order valence-corrected chi connectivity index (χ0v) is 11.8. The lowest BCUT2D eigenvalue weighted by Gasteiger charge is -2.06. The third kappa shape index (κ3) is 2.91. The lowest BCUT2D eigenvalue weighted by molar-refractivity contribution is -0.117. The molecule has 0 bridgehead atoms. The minimum absolute atomic E-state index is 0.303. The number of hydrogen-bond donors (Lipinski definition) is 1. The number of amides is 1. The molecule has 0 aliphatic heterocycles. The second kappa shape index (κ2) is 5.53. The lowest BCUT2D eigenvalue weighted by Crippen LogP contribution is -2.23. The van der Waals surface area contributed by atoms with E-state index in [1.807, 2.05) is 23.1 Å². The van der Waals surface area contributed by atoms with E-state index in [0.717, 1.165) is 12.2 Å². The van der Waals surface area contributed by atoms with Crippen molar-refractivity contribution < 1.29 is 4.79 Å². The summed E-state index contributed by atoms with van der Waals surface area (Å²) in [7, 11) is 1.90. The molecule has 2 aromatic rings. The molecule has 5 nitrogen and oxygen atoms in total. The van der Waals surface area contributed by atoms with E-state index in [1.54, 1.807) is 18.3 Å². The minimum atomic E-state index is -0.345. The fourth-order valence-electron chi connectivity index (χ4n) is 1.39. The van der Waals surface area contributed by atoms with Crippen molar-refractivity contribution in [2.75, 3.05) is 0 Å². The van der Waals surface area contributed by atoms with Gasteiger partial charge in [0.15, 0.2) is 5.16 Å². The van der Waals surface area contributed by atoms with Crippen LogP contribution in [-0.2, 0) is 18.3 Å². The summed E-state index contributed by atoms with van der Waals surface area (Å²) in [5.74, 6) is 0.541. The second-order valence-corrected chi connectivity index (χ2v) is 6.22. The molecule has 0 radical (unpaired) electrons. The van der Waals surface area contributed by atoms with Crippen LogP contribution in [-0.4, -0.2) is 25.9 Å². The van der Waals surface area contributed by atoms with Crippen molar-refractivity contribution in [3.63, 3.8) is 0 Å². The van der Waals surface area contributed by atoms with Gasteiger partial charge in [-0.2, -0.15) is 0 Å². The first kappa shape index (κ1) is 13.1. The number of thioether (sulfide) groups is 1. The summed E-state index contributed by atoms with van der Waals surface area (Å²) in [5, 5.41) is 10.7. The number of carbonyl (C=O) groups is 1. The predicted molar refractivity (Wildman–Crippen MR) is 72.6 cm³/mol. The van der Waals surface area contributed by atoms with Crippen LogP contribution in [0.25, 0.3) is 0 Å². The van der Waals surface area contributed by atoms with Gasteiger partial charge in [-0.15, -0.1) is 21.5 Å². The fraction of sp³-hybridized carbons (Fsp3) is 0.364. The molecule has 1 amide bonds. The molecule has 2 N–H and O–H groups in total. The Labute approximate surface area is 113 Å². The van der Waals surface area contributed by atoms with Gasteiger partial charge in [0.1, 0.15) is 5.82 Å². The van der Waals surface area contributed by atoms with E-state index in [-0.39, 0.29) is 11.2 Å². The first-order chi connectivity index (χ1) is 8.58. The van der Waals surface area contributed by atoms with Crippen molar-refractivity contribution in [3.05, 3.63) is 28.2 Å². The van der Waals surface area contributed by atoms with Crippen LogP contribution in [0, 0.1) is 0 Å². The van der Waals surface area contributed by atoms with E-state index in [4.69, 9.17) is 5.73 Å². The molecule has 18 heavy (non-hydrogen) atoms. The molecular weight excluding hydrogens is 268 g/mol. The standard InChI is InChI=1S/C11H14N4OS2/c1-7(10(12)16)18-11-14-13-9(15(11)2)6-8-4-3-5-17-8/h3-5,7H,6H2,1-2H3,(H2,12,16). The predicted octanol–water partition coefficient (Wildman–Crippen LogP) is 1.43. The first-order valence-electron chi connectivity index (χ1n) is 5.44. The van der Waals surface area contributed by atoms with Crippen molar-refractivity contribution in [2.24, 2.45) is 12.8 Å². The number of carbonyl (C=O) groups excluding carboxylic acids is 1. The van der Waals surface area contributed by atoms with E-state index in [9.17, 15) is 4.79 Å².